The molecule has 82 valence electrons. The second-order valence-electron chi connectivity index (χ2n) is 3.55. The summed E-state index contributed by atoms with van der Waals surface area (Å²) in [5.74, 6) is 0.0333. The summed E-state index contributed by atoms with van der Waals surface area (Å²) >= 11 is 5.75. The quantitative estimate of drug-likeness (QED) is 0.611. The van der Waals surface area contributed by atoms with E-state index in [1.54, 1.807) is 18.2 Å². The number of Topliss-reactive ketones (excluding diaryl/α,β-unsaturated/α-hetero) is 1. The second-order valence-corrected chi connectivity index (χ2v) is 3.99. The van der Waals surface area contributed by atoms with E-state index in [0.717, 1.165) is 0 Å². The summed E-state index contributed by atoms with van der Waals surface area (Å²) in [6.45, 7) is 1.95. The Kier molecular flexibility index (Phi) is 4.12. The van der Waals surface area contributed by atoms with Crippen LogP contribution in [0.5, 0.6) is 0 Å². The van der Waals surface area contributed by atoms with E-state index < -0.39 is 0 Å². The molecule has 3 N–H and O–H groups in total. The van der Waals surface area contributed by atoms with Crippen molar-refractivity contribution in [3.8, 4) is 0 Å². The predicted molar refractivity (Wildman–Crippen MR) is 63.3 cm³/mol. The molecule has 1 rings (SSSR count). The molecule has 0 aliphatic carbocycles. The highest BCUT2D eigenvalue weighted by Gasteiger charge is 2.12. The topological polar surface area (TPSA) is 55.1 Å². The monoisotopic (exact) mass is 226 g/mol. The van der Waals surface area contributed by atoms with Crippen molar-refractivity contribution in [3.63, 3.8) is 0 Å². The lowest BCUT2D eigenvalue weighted by molar-refractivity contribution is 0.0973. The highest BCUT2D eigenvalue weighted by molar-refractivity contribution is 6.31. The predicted octanol–water partition coefficient (Wildman–Crippen LogP) is 2.10. The molecule has 0 radical (unpaired) electrons. The molecule has 0 spiro atoms. The number of halogens is 1. The van der Waals surface area contributed by atoms with E-state index in [-0.39, 0.29) is 11.8 Å². The molecule has 0 heterocycles. The number of nitrogens with one attached hydrogen (secondary N) is 1. The summed E-state index contributed by atoms with van der Waals surface area (Å²) in [5, 5.41) is 3.56. The Bertz CT molecular complexity index is 366. The Balaban J connectivity index is 2.82. The van der Waals surface area contributed by atoms with Crippen molar-refractivity contribution in [2.45, 2.75) is 19.4 Å². The Morgan fingerprint density at radius 3 is 2.80 bits per heavy atom. The zero-order chi connectivity index (χ0) is 11.4. The third kappa shape index (κ3) is 3.22. The molecular weight excluding hydrogens is 212 g/mol. The van der Waals surface area contributed by atoms with E-state index in [9.17, 15) is 4.79 Å². The molecule has 3 nitrogen and oxygen atoms in total. The van der Waals surface area contributed by atoms with Crippen molar-refractivity contribution < 1.29 is 4.79 Å². The molecule has 4 heteroatoms. The Morgan fingerprint density at radius 2 is 2.27 bits per heavy atom. The molecule has 1 aromatic carbocycles. The van der Waals surface area contributed by atoms with E-state index in [2.05, 4.69) is 5.32 Å². The first kappa shape index (κ1) is 12.0. The van der Waals surface area contributed by atoms with Crippen LogP contribution in [-0.2, 0) is 0 Å². The molecule has 0 bridgehead atoms. The summed E-state index contributed by atoms with van der Waals surface area (Å²) in [5.41, 5.74) is 6.70. The first-order valence-corrected chi connectivity index (χ1v) is 5.18. The molecule has 0 aliphatic rings. The number of hydrogen-bond donors (Lipinski definition) is 2. The van der Waals surface area contributed by atoms with Crippen LogP contribution in [0.4, 0.5) is 5.69 Å². The molecule has 0 aromatic heterocycles. The molecular formula is C11H15ClN2O. The standard InChI is InChI=1S/C11H15ClN2O/c1-7(14-2)5-11(15)9-4-3-8(12)6-10(9)13/h3-4,6-7,14H,5,13H2,1-2H3. The highest BCUT2D eigenvalue weighted by atomic mass is 35.5. The Labute approximate surface area is 94.6 Å². The Morgan fingerprint density at radius 1 is 1.60 bits per heavy atom. The fraction of sp³-hybridized carbons (Fsp3) is 0.364. The normalized spacial score (nSPS) is 12.5. The average Bonchev–Trinajstić information content (AvgIpc) is 2.17. The summed E-state index contributed by atoms with van der Waals surface area (Å²) in [4.78, 5) is 11.8. The van der Waals surface area contributed by atoms with Gasteiger partial charge in [0.1, 0.15) is 0 Å². The molecule has 15 heavy (non-hydrogen) atoms. The molecule has 1 unspecified atom stereocenters. The van der Waals surface area contributed by atoms with Gasteiger partial charge >= 0.3 is 0 Å². The number of nitrogen functional groups attached to an aromatic ring is 1. The zero-order valence-corrected chi connectivity index (χ0v) is 9.64. The summed E-state index contributed by atoms with van der Waals surface area (Å²) in [6.07, 6.45) is 0.433. The third-order valence-electron chi connectivity index (χ3n) is 2.30. The van der Waals surface area contributed by atoms with Gasteiger partial charge in [-0.25, -0.2) is 0 Å². The number of hydrogen-bond acceptors (Lipinski definition) is 3. The molecule has 0 saturated carbocycles. The molecule has 1 aromatic rings. The van der Waals surface area contributed by atoms with Crippen LogP contribution in [0.25, 0.3) is 0 Å². The van der Waals surface area contributed by atoms with Crippen LogP contribution in [0.3, 0.4) is 0 Å². The summed E-state index contributed by atoms with van der Waals surface area (Å²) in [6, 6.07) is 5.09. The van der Waals surface area contributed by atoms with Crippen LogP contribution >= 0.6 is 11.6 Å². The fourth-order valence-corrected chi connectivity index (χ4v) is 1.46. The van der Waals surface area contributed by atoms with Gasteiger partial charge in [-0.3, -0.25) is 4.79 Å². The van der Waals surface area contributed by atoms with Crippen LogP contribution in [0, 0.1) is 0 Å². The maximum absolute atomic E-state index is 11.8. The minimum Gasteiger partial charge on any atom is -0.398 e. The maximum Gasteiger partial charge on any atom is 0.166 e. The van der Waals surface area contributed by atoms with Crippen molar-refractivity contribution in [2.24, 2.45) is 0 Å². The minimum atomic E-state index is 0.0333. The SMILES string of the molecule is CNC(C)CC(=O)c1ccc(Cl)cc1N. The maximum atomic E-state index is 11.8. The highest BCUT2D eigenvalue weighted by Crippen LogP contribution is 2.19. The molecule has 1 atom stereocenters. The van der Waals surface area contributed by atoms with Gasteiger partial charge in [0.25, 0.3) is 0 Å². The first-order chi connectivity index (χ1) is 7.04. The summed E-state index contributed by atoms with van der Waals surface area (Å²) in [7, 11) is 1.82. The summed E-state index contributed by atoms with van der Waals surface area (Å²) < 4.78 is 0. The van der Waals surface area contributed by atoms with E-state index in [4.69, 9.17) is 17.3 Å². The molecule has 0 saturated heterocycles. The van der Waals surface area contributed by atoms with E-state index in [0.29, 0.717) is 22.7 Å². The second kappa shape index (κ2) is 5.14. The molecule has 0 fully saturated rings. The van der Waals surface area contributed by atoms with E-state index >= 15 is 0 Å². The lowest BCUT2D eigenvalue weighted by Gasteiger charge is -2.10. The number of carbonyl (C=O) groups is 1. The number of nitrogens with two attached hydrogens (primary N) is 1. The number of carbonyl (C=O) groups excluding carboxylic acids is 1. The van der Waals surface area contributed by atoms with Crippen LogP contribution in [0.2, 0.25) is 5.02 Å². The van der Waals surface area contributed by atoms with Gasteiger partial charge in [-0.1, -0.05) is 11.6 Å². The van der Waals surface area contributed by atoms with Crippen LogP contribution in [0.1, 0.15) is 23.7 Å². The van der Waals surface area contributed by atoms with Crippen LogP contribution in [0.15, 0.2) is 18.2 Å². The van der Waals surface area contributed by atoms with Gasteiger partial charge in [0.15, 0.2) is 5.78 Å². The van der Waals surface area contributed by atoms with Crippen molar-refractivity contribution in [3.05, 3.63) is 28.8 Å². The minimum absolute atomic E-state index is 0.0333. The van der Waals surface area contributed by atoms with E-state index in [1.165, 1.54) is 0 Å². The largest absolute Gasteiger partial charge is 0.398 e. The smallest absolute Gasteiger partial charge is 0.166 e. The third-order valence-corrected chi connectivity index (χ3v) is 2.53. The van der Waals surface area contributed by atoms with Crippen LogP contribution in [-0.4, -0.2) is 18.9 Å². The van der Waals surface area contributed by atoms with Gasteiger partial charge in [-0.05, 0) is 32.2 Å². The number of rotatable bonds is 4. The number of ketones is 1. The van der Waals surface area contributed by atoms with Gasteiger partial charge in [0.05, 0.1) is 0 Å². The number of benzene rings is 1. The fourth-order valence-electron chi connectivity index (χ4n) is 1.28. The van der Waals surface area contributed by atoms with Crippen molar-refractivity contribution in [1.29, 1.82) is 0 Å². The van der Waals surface area contributed by atoms with Gasteiger partial charge < -0.3 is 11.1 Å². The van der Waals surface area contributed by atoms with Crippen molar-refractivity contribution in [1.82, 2.24) is 5.32 Å². The van der Waals surface area contributed by atoms with Gasteiger partial charge in [0, 0.05) is 28.7 Å². The van der Waals surface area contributed by atoms with E-state index in [1.807, 2.05) is 14.0 Å². The van der Waals surface area contributed by atoms with Crippen molar-refractivity contribution in [2.75, 3.05) is 12.8 Å². The molecule has 0 amide bonds. The van der Waals surface area contributed by atoms with Crippen molar-refractivity contribution >= 4 is 23.1 Å². The van der Waals surface area contributed by atoms with Gasteiger partial charge in [-0.15, -0.1) is 0 Å². The number of anilines is 1. The lowest BCUT2D eigenvalue weighted by atomic mass is 10.0. The van der Waals surface area contributed by atoms with Gasteiger partial charge in [-0.2, -0.15) is 0 Å². The first-order valence-electron chi connectivity index (χ1n) is 4.80. The lowest BCUT2D eigenvalue weighted by Crippen LogP contribution is -2.24. The average molecular weight is 227 g/mol. The zero-order valence-electron chi connectivity index (χ0n) is 8.88. The van der Waals surface area contributed by atoms with Gasteiger partial charge in [0.2, 0.25) is 0 Å². The van der Waals surface area contributed by atoms with Crippen LogP contribution < -0.4 is 11.1 Å². The Hall–Kier alpha value is -1.06. The molecule has 0 aliphatic heterocycles.